The van der Waals surface area contributed by atoms with Gasteiger partial charge in [0, 0.05) is 16.7 Å². The molecule has 0 N–H and O–H groups in total. The molecule has 0 radical (unpaired) electrons. The molecule has 4 atom stereocenters. The molecule has 2 heteroatoms. The van der Waals surface area contributed by atoms with Crippen molar-refractivity contribution in [1.29, 1.82) is 0 Å². The fourth-order valence-corrected chi connectivity index (χ4v) is 26.1. The van der Waals surface area contributed by atoms with Gasteiger partial charge in [0.2, 0.25) is 0 Å². The van der Waals surface area contributed by atoms with E-state index in [0.717, 1.165) is 136 Å². The molecule has 342 valence electrons. The maximum absolute atomic E-state index is 5.53. The van der Waals surface area contributed by atoms with Crippen molar-refractivity contribution in [2.75, 3.05) is 0 Å². The van der Waals surface area contributed by atoms with Crippen LogP contribution in [-0.4, -0.2) is 9.97 Å². The first-order valence-corrected chi connectivity index (χ1v) is 29.0. The summed E-state index contributed by atoms with van der Waals surface area (Å²) in [5.74, 6) is 21.5. The van der Waals surface area contributed by atoms with Gasteiger partial charge in [-0.3, -0.25) is 0 Å². The van der Waals surface area contributed by atoms with Gasteiger partial charge in [-0.05, 0) is 278 Å². The summed E-state index contributed by atoms with van der Waals surface area (Å²) in [7, 11) is 0. The highest BCUT2D eigenvalue weighted by molar-refractivity contribution is 5.72. The molecule has 24 bridgehead atoms. The summed E-state index contributed by atoms with van der Waals surface area (Å²) in [4.78, 5) is 11.1. The Bertz CT molecular complexity index is 2520. The minimum absolute atomic E-state index is 0.387. The normalized spacial score (nSPS) is 54.4. The van der Waals surface area contributed by atoms with Crippen molar-refractivity contribution in [3.05, 3.63) is 95.6 Å². The van der Waals surface area contributed by atoms with Gasteiger partial charge in [0.1, 0.15) is 0 Å². The van der Waals surface area contributed by atoms with Gasteiger partial charge in [-0.1, -0.05) is 79.7 Å². The number of benzene rings is 3. The van der Waals surface area contributed by atoms with Gasteiger partial charge in [0.15, 0.2) is 5.82 Å². The van der Waals surface area contributed by atoms with E-state index >= 15 is 0 Å². The van der Waals surface area contributed by atoms with Crippen LogP contribution in [0.4, 0.5) is 0 Å². The molecule has 0 spiro atoms. The summed E-state index contributed by atoms with van der Waals surface area (Å²) < 4.78 is 0. The van der Waals surface area contributed by atoms with Gasteiger partial charge >= 0.3 is 0 Å². The van der Waals surface area contributed by atoms with Gasteiger partial charge in [-0.2, -0.15) is 0 Å². The van der Waals surface area contributed by atoms with E-state index in [4.69, 9.17) is 9.97 Å². The molecule has 21 aliphatic carbocycles. The van der Waals surface area contributed by atoms with Crippen LogP contribution in [0.15, 0.2) is 78.9 Å². The van der Waals surface area contributed by atoms with Crippen molar-refractivity contribution in [2.24, 2.45) is 124 Å². The lowest BCUT2D eigenvalue weighted by Crippen LogP contribution is -2.70. The number of rotatable bonds is 6. The third kappa shape index (κ3) is 4.50. The lowest BCUT2D eigenvalue weighted by molar-refractivity contribution is -0.256. The lowest BCUT2D eigenvalue weighted by atomic mass is 9.28. The Labute approximate surface area is 400 Å². The molecule has 67 heavy (non-hydrogen) atoms. The third-order valence-electron chi connectivity index (χ3n) is 27.7. The highest BCUT2D eigenvalue weighted by atomic mass is 14.9. The van der Waals surface area contributed by atoms with E-state index in [9.17, 15) is 0 Å². The van der Waals surface area contributed by atoms with E-state index in [1.807, 2.05) is 0 Å². The summed E-state index contributed by atoms with van der Waals surface area (Å²) in [5, 5.41) is 0. The first-order chi connectivity index (χ1) is 32.8. The van der Waals surface area contributed by atoms with Gasteiger partial charge in [0.25, 0.3) is 0 Å². The van der Waals surface area contributed by atoms with Gasteiger partial charge in [-0.15, -0.1) is 0 Å². The van der Waals surface area contributed by atoms with Crippen molar-refractivity contribution in [1.82, 2.24) is 9.97 Å². The van der Waals surface area contributed by atoms with E-state index in [1.54, 1.807) is 68.1 Å². The lowest BCUT2D eigenvalue weighted by Gasteiger charge is -2.76. The molecule has 3 aromatic carbocycles. The Balaban J connectivity index is 0.673. The predicted octanol–water partition coefficient (Wildman–Crippen LogP) is 14.7. The molecule has 25 rings (SSSR count). The monoisotopic (exact) mass is 881 g/mol. The van der Waals surface area contributed by atoms with Crippen LogP contribution in [0.5, 0.6) is 0 Å². The van der Waals surface area contributed by atoms with E-state index in [1.165, 1.54) is 80.9 Å². The molecule has 1 heterocycles. The second-order valence-electron chi connectivity index (χ2n) is 29.2. The molecular formula is C65H72N2. The molecule has 0 aliphatic heterocycles. The van der Waals surface area contributed by atoms with Crippen molar-refractivity contribution < 1.29 is 0 Å². The fourth-order valence-electron chi connectivity index (χ4n) is 26.1. The Kier molecular flexibility index (Phi) is 6.77. The smallest absolute Gasteiger partial charge is 0.160 e. The molecular weight excluding hydrogens is 809 g/mol. The number of hydrogen-bond acceptors (Lipinski definition) is 2. The summed E-state index contributed by atoms with van der Waals surface area (Å²) in [5.41, 5.74) is 12.7. The molecule has 1 aromatic heterocycles. The van der Waals surface area contributed by atoms with E-state index in [-0.39, 0.29) is 0 Å². The molecule has 0 saturated heterocycles. The predicted molar refractivity (Wildman–Crippen MR) is 264 cm³/mol. The van der Waals surface area contributed by atoms with Crippen LogP contribution in [0, 0.1) is 124 Å². The molecule has 21 fully saturated rings. The van der Waals surface area contributed by atoms with Gasteiger partial charge < -0.3 is 0 Å². The first-order valence-electron chi connectivity index (χ1n) is 29.0. The van der Waals surface area contributed by atoms with E-state index < -0.39 is 0 Å². The molecule has 4 unspecified atom stereocenters. The molecule has 4 aromatic rings. The van der Waals surface area contributed by atoms with Crippen LogP contribution in [0.3, 0.4) is 0 Å². The van der Waals surface area contributed by atoms with Crippen molar-refractivity contribution in [3.63, 3.8) is 0 Å². The van der Waals surface area contributed by atoms with Crippen molar-refractivity contribution in [3.8, 4) is 33.9 Å². The Hall–Kier alpha value is -3.26. The minimum Gasteiger partial charge on any atom is -0.228 e. The number of hydrogen-bond donors (Lipinski definition) is 0. The summed E-state index contributed by atoms with van der Waals surface area (Å²) in [6.07, 6.45) is 27.2. The van der Waals surface area contributed by atoms with E-state index in [0.29, 0.717) is 21.7 Å². The van der Waals surface area contributed by atoms with Gasteiger partial charge in [-0.25, -0.2) is 9.97 Å². The Morgan fingerprint density at radius 3 is 1.01 bits per heavy atom. The summed E-state index contributed by atoms with van der Waals surface area (Å²) in [6, 6.07) is 32.5. The molecule has 21 aliphatic rings. The SMILES string of the molecule is CC12CC3CC4C5CC(c6ccc(-c7nc(-c8ccc(C9%10CC%11C%12CC%13CC%11C(C9)C(C%13)C%12C%10)cc8)cc(-c8ccc(C9%10CC%11C%12CC%13CC%11C(C9)C(C%13)C%12C%10)cc8)n7)cc6)(CC41)CC2C5C3. The van der Waals surface area contributed by atoms with Crippen LogP contribution < -0.4 is 0 Å². The molecule has 21 saturated carbocycles. The van der Waals surface area contributed by atoms with Crippen LogP contribution in [0.25, 0.3) is 33.9 Å². The average molecular weight is 881 g/mol. The number of aromatic nitrogens is 2. The Morgan fingerprint density at radius 1 is 0.328 bits per heavy atom. The quantitative estimate of drug-likeness (QED) is 0.193. The zero-order valence-corrected chi connectivity index (χ0v) is 40.2. The van der Waals surface area contributed by atoms with Crippen LogP contribution in [0.1, 0.15) is 139 Å². The highest BCUT2D eigenvalue weighted by Crippen LogP contribution is 2.79. The molecule has 0 amide bonds. The van der Waals surface area contributed by atoms with E-state index in [2.05, 4.69) is 85.8 Å². The topological polar surface area (TPSA) is 25.8 Å². The number of nitrogens with zero attached hydrogens (tertiary/aromatic N) is 2. The second-order valence-corrected chi connectivity index (χ2v) is 29.2. The third-order valence-corrected chi connectivity index (χ3v) is 27.7. The highest BCUT2D eigenvalue weighted by Gasteiger charge is 2.72. The van der Waals surface area contributed by atoms with Crippen molar-refractivity contribution >= 4 is 0 Å². The largest absolute Gasteiger partial charge is 0.228 e. The maximum Gasteiger partial charge on any atom is 0.160 e. The first kappa shape index (κ1) is 37.6. The minimum atomic E-state index is 0.387. The molecule has 2 nitrogen and oxygen atoms in total. The zero-order chi connectivity index (χ0) is 43.1. The summed E-state index contributed by atoms with van der Waals surface area (Å²) >= 11 is 0. The average Bonchev–Trinajstić information content (AvgIpc) is 3.38. The summed E-state index contributed by atoms with van der Waals surface area (Å²) in [6.45, 7) is 2.75. The Morgan fingerprint density at radius 2 is 0.642 bits per heavy atom. The van der Waals surface area contributed by atoms with Gasteiger partial charge in [0.05, 0.1) is 11.4 Å². The van der Waals surface area contributed by atoms with Crippen LogP contribution >= 0.6 is 0 Å². The fraction of sp³-hybridized carbons (Fsp3) is 0.662. The zero-order valence-electron chi connectivity index (χ0n) is 40.2. The van der Waals surface area contributed by atoms with Crippen molar-refractivity contribution in [2.45, 2.75) is 139 Å². The van der Waals surface area contributed by atoms with Crippen LogP contribution in [-0.2, 0) is 16.2 Å². The standard InChI is InChI=1S/C65H72N2/c1-62-23-35-20-48-56-30-65(31-57(48)62,32-58(62)49(56)21-35)41-12-6-38(7-13-41)61-66-59(36-2-8-39(9-3-36)63-24-50-42-14-33-15-43(50)52(26-63)44(16-33)51(42)25-63)22-60(67-61)37-4-10-40(11-5-37)64-27-53-45-17-34-18-46(53)55(29-64)47(19-34)54(45)28-64/h2-13,22,33-35,42-58H,14-21,23-32H2,1H3. The maximum atomic E-state index is 5.53. The second kappa shape index (κ2) is 12.1. The van der Waals surface area contributed by atoms with Crippen LogP contribution in [0.2, 0.25) is 0 Å².